The van der Waals surface area contributed by atoms with E-state index in [4.69, 9.17) is 23.2 Å². The second-order valence-electron chi connectivity index (χ2n) is 4.03. The monoisotopic (exact) mass is 288 g/mol. The van der Waals surface area contributed by atoms with E-state index >= 15 is 0 Å². The summed E-state index contributed by atoms with van der Waals surface area (Å²) in [7, 11) is 0. The van der Waals surface area contributed by atoms with Crippen molar-refractivity contribution in [2.45, 2.75) is 26.2 Å². The smallest absolute Gasteiger partial charge is 0.225 e. The van der Waals surface area contributed by atoms with E-state index in [2.05, 4.69) is 17.6 Å². The summed E-state index contributed by atoms with van der Waals surface area (Å²) in [6.07, 6.45) is 2.72. The lowest BCUT2D eigenvalue weighted by molar-refractivity contribution is -0.116. The van der Waals surface area contributed by atoms with E-state index in [-0.39, 0.29) is 5.91 Å². The van der Waals surface area contributed by atoms with Crippen LogP contribution in [0.4, 0.5) is 5.69 Å². The lowest BCUT2D eigenvalue weighted by atomic mass is 10.3. The van der Waals surface area contributed by atoms with Crippen LogP contribution in [0.3, 0.4) is 0 Å². The van der Waals surface area contributed by atoms with Crippen molar-refractivity contribution in [3.8, 4) is 0 Å². The Morgan fingerprint density at radius 3 is 2.72 bits per heavy atom. The fraction of sp³-hybridized carbons (Fsp3) is 0.462. The van der Waals surface area contributed by atoms with Crippen LogP contribution in [-0.2, 0) is 4.79 Å². The molecule has 0 heterocycles. The van der Waals surface area contributed by atoms with Gasteiger partial charge in [0.15, 0.2) is 0 Å². The number of carbonyl (C=O) groups is 1. The third kappa shape index (κ3) is 5.71. The molecule has 0 bridgehead atoms. The van der Waals surface area contributed by atoms with Crippen molar-refractivity contribution >= 4 is 34.8 Å². The molecule has 18 heavy (non-hydrogen) atoms. The SMILES string of the molecule is CCCCNCCC(=O)Nc1ccc(Cl)cc1Cl. The lowest BCUT2D eigenvalue weighted by Gasteiger charge is -2.08. The van der Waals surface area contributed by atoms with Crippen LogP contribution in [0.25, 0.3) is 0 Å². The summed E-state index contributed by atoms with van der Waals surface area (Å²) in [5.41, 5.74) is 0.597. The van der Waals surface area contributed by atoms with Gasteiger partial charge in [0.25, 0.3) is 0 Å². The molecule has 0 radical (unpaired) electrons. The van der Waals surface area contributed by atoms with E-state index in [9.17, 15) is 4.79 Å². The van der Waals surface area contributed by atoms with Gasteiger partial charge in [-0.05, 0) is 31.2 Å². The van der Waals surface area contributed by atoms with Crippen molar-refractivity contribution in [3.63, 3.8) is 0 Å². The quantitative estimate of drug-likeness (QED) is 0.751. The third-order valence-electron chi connectivity index (χ3n) is 2.44. The molecule has 0 fully saturated rings. The number of anilines is 1. The number of carbonyl (C=O) groups excluding carboxylic acids is 1. The number of nitrogens with one attached hydrogen (secondary N) is 2. The van der Waals surface area contributed by atoms with E-state index in [0.29, 0.717) is 28.7 Å². The highest BCUT2D eigenvalue weighted by molar-refractivity contribution is 6.36. The van der Waals surface area contributed by atoms with Gasteiger partial charge in [0, 0.05) is 18.0 Å². The van der Waals surface area contributed by atoms with Crippen molar-refractivity contribution in [1.29, 1.82) is 0 Å². The van der Waals surface area contributed by atoms with Gasteiger partial charge in [0.2, 0.25) is 5.91 Å². The number of halogens is 2. The fourth-order valence-electron chi connectivity index (χ4n) is 1.43. The number of hydrogen-bond donors (Lipinski definition) is 2. The Bertz CT molecular complexity index is 397. The molecule has 1 aromatic carbocycles. The summed E-state index contributed by atoms with van der Waals surface area (Å²) < 4.78 is 0. The maximum Gasteiger partial charge on any atom is 0.225 e. The molecule has 0 spiro atoms. The summed E-state index contributed by atoms with van der Waals surface area (Å²) in [5, 5.41) is 6.98. The highest BCUT2D eigenvalue weighted by Gasteiger charge is 2.05. The summed E-state index contributed by atoms with van der Waals surface area (Å²) in [5.74, 6) is -0.0526. The van der Waals surface area contributed by atoms with Crippen molar-refractivity contribution in [2.24, 2.45) is 0 Å². The first-order valence-corrected chi connectivity index (χ1v) is 6.84. The summed E-state index contributed by atoms with van der Waals surface area (Å²) in [4.78, 5) is 11.6. The van der Waals surface area contributed by atoms with Crippen LogP contribution in [0.2, 0.25) is 10.0 Å². The molecule has 100 valence electrons. The topological polar surface area (TPSA) is 41.1 Å². The minimum Gasteiger partial charge on any atom is -0.325 e. The average Bonchev–Trinajstić information content (AvgIpc) is 2.32. The standard InChI is InChI=1S/C13H18Cl2N2O/c1-2-3-7-16-8-6-13(18)17-12-5-4-10(14)9-11(12)15/h4-5,9,16H,2-3,6-8H2,1H3,(H,17,18). The highest BCUT2D eigenvalue weighted by Crippen LogP contribution is 2.25. The van der Waals surface area contributed by atoms with Gasteiger partial charge in [0.1, 0.15) is 0 Å². The number of unbranched alkanes of at least 4 members (excludes halogenated alkanes) is 1. The highest BCUT2D eigenvalue weighted by atomic mass is 35.5. The predicted molar refractivity (Wildman–Crippen MR) is 77.5 cm³/mol. The predicted octanol–water partition coefficient (Wildman–Crippen LogP) is 3.71. The van der Waals surface area contributed by atoms with Crippen molar-refractivity contribution < 1.29 is 4.79 Å². The zero-order chi connectivity index (χ0) is 13.4. The molecule has 0 aromatic heterocycles. The zero-order valence-electron chi connectivity index (χ0n) is 10.4. The Balaban J connectivity index is 2.31. The molecule has 0 aliphatic carbocycles. The van der Waals surface area contributed by atoms with Crippen LogP contribution in [0.15, 0.2) is 18.2 Å². The van der Waals surface area contributed by atoms with E-state index < -0.39 is 0 Å². The summed E-state index contributed by atoms with van der Waals surface area (Å²) in [6, 6.07) is 5.01. The molecular weight excluding hydrogens is 271 g/mol. The van der Waals surface area contributed by atoms with Crippen molar-refractivity contribution in [1.82, 2.24) is 5.32 Å². The maximum absolute atomic E-state index is 11.6. The Morgan fingerprint density at radius 1 is 1.28 bits per heavy atom. The van der Waals surface area contributed by atoms with Crippen LogP contribution in [-0.4, -0.2) is 19.0 Å². The van der Waals surface area contributed by atoms with Crippen molar-refractivity contribution in [2.75, 3.05) is 18.4 Å². The molecule has 0 aliphatic heterocycles. The van der Waals surface area contributed by atoms with Gasteiger partial charge in [-0.25, -0.2) is 0 Å². The van der Waals surface area contributed by atoms with E-state index in [1.807, 2.05) is 0 Å². The second-order valence-corrected chi connectivity index (χ2v) is 4.87. The molecule has 0 saturated heterocycles. The van der Waals surface area contributed by atoms with Gasteiger partial charge in [-0.3, -0.25) is 4.79 Å². The fourth-order valence-corrected chi connectivity index (χ4v) is 1.89. The Kier molecular flexibility index (Phi) is 7.09. The largest absolute Gasteiger partial charge is 0.325 e. The average molecular weight is 289 g/mol. The van der Waals surface area contributed by atoms with Gasteiger partial charge in [-0.15, -0.1) is 0 Å². The molecule has 2 N–H and O–H groups in total. The van der Waals surface area contributed by atoms with Crippen LogP contribution < -0.4 is 10.6 Å². The molecule has 1 aromatic rings. The maximum atomic E-state index is 11.6. The molecule has 0 atom stereocenters. The van der Waals surface area contributed by atoms with Gasteiger partial charge in [0.05, 0.1) is 10.7 Å². The van der Waals surface area contributed by atoms with E-state index in [0.717, 1.165) is 19.4 Å². The molecule has 5 heteroatoms. The minimum atomic E-state index is -0.0526. The van der Waals surface area contributed by atoms with Crippen LogP contribution >= 0.6 is 23.2 Å². The van der Waals surface area contributed by atoms with E-state index in [1.54, 1.807) is 18.2 Å². The molecular formula is C13H18Cl2N2O. The van der Waals surface area contributed by atoms with Crippen LogP contribution in [0.5, 0.6) is 0 Å². The molecule has 0 unspecified atom stereocenters. The van der Waals surface area contributed by atoms with E-state index in [1.165, 1.54) is 0 Å². The zero-order valence-corrected chi connectivity index (χ0v) is 11.9. The Hall–Kier alpha value is -0.770. The lowest BCUT2D eigenvalue weighted by Crippen LogP contribution is -2.22. The first-order chi connectivity index (χ1) is 8.63. The van der Waals surface area contributed by atoms with Crippen LogP contribution in [0, 0.1) is 0 Å². The Labute approximate surface area is 118 Å². The van der Waals surface area contributed by atoms with Gasteiger partial charge >= 0.3 is 0 Å². The molecule has 3 nitrogen and oxygen atoms in total. The normalized spacial score (nSPS) is 10.4. The molecule has 1 amide bonds. The van der Waals surface area contributed by atoms with Gasteiger partial charge < -0.3 is 10.6 Å². The summed E-state index contributed by atoms with van der Waals surface area (Å²) in [6.45, 7) is 3.76. The third-order valence-corrected chi connectivity index (χ3v) is 2.99. The number of rotatable bonds is 7. The Morgan fingerprint density at radius 2 is 2.06 bits per heavy atom. The molecule has 0 saturated carbocycles. The summed E-state index contributed by atoms with van der Waals surface area (Å²) >= 11 is 11.7. The van der Waals surface area contributed by atoms with Gasteiger partial charge in [-0.2, -0.15) is 0 Å². The first kappa shape index (κ1) is 15.3. The second kappa shape index (κ2) is 8.35. The van der Waals surface area contributed by atoms with Crippen molar-refractivity contribution in [3.05, 3.63) is 28.2 Å². The molecule has 0 aliphatic rings. The van der Waals surface area contributed by atoms with Crippen LogP contribution in [0.1, 0.15) is 26.2 Å². The first-order valence-electron chi connectivity index (χ1n) is 6.09. The molecule has 1 rings (SSSR count). The minimum absolute atomic E-state index is 0.0526. The number of benzene rings is 1. The van der Waals surface area contributed by atoms with Gasteiger partial charge in [-0.1, -0.05) is 36.5 Å². The number of hydrogen-bond acceptors (Lipinski definition) is 2. The number of amides is 1.